The second kappa shape index (κ2) is 6.80. The Hall–Kier alpha value is -2.38. The lowest BCUT2D eigenvalue weighted by Crippen LogP contribution is -2.23. The number of nitrogens with two attached hydrogens (primary N) is 1. The molecular weight excluding hydrogens is 316 g/mol. The molecule has 0 unspecified atom stereocenters. The number of benzene rings is 2. The molecule has 0 saturated heterocycles. The molecule has 0 fully saturated rings. The Kier molecular flexibility index (Phi) is 5.02. The van der Waals surface area contributed by atoms with Crippen LogP contribution in [-0.2, 0) is 16.6 Å². The Balaban J connectivity index is 2.12. The first kappa shape index (κ1) is 17.0. The number of hydrogen-bond acceptors (Lipinski definition) is 4. The first-order valence-corrected chi connectivity index (χ1v) is 8.40. The summed E-state index contributed by atoms with van der Waals surface area (Å²) in [6.45, 7) is 2.02. The second-order valence-corrected chi connectivity index (χ2v) is 6.67. The van der Waals surface area contributed by atoms with E-state index in [1.165, 1.54) is 12.1 Å². The molecule has 2 aromatic carbocycles. The third-order valence-corrected chi connectivity index (χ3v) is 4.15. The lowest BCUT2D eigenvalue weighted by molar-refractivity contribution is 0.0950. The van der Waals surface area contributed by atoms with Gasteiger partial charge in [-0.2, -0.15) is 0 Å². The number of aryl methyl sites for hydroxylation is 1. The number of methoxy groups -OCH3 is 1. The molecule has 2 rings (SSSR count). The number of ether oxygens (including phenoxy) is 1. The van der Waals surface area contributed by atoms with Gasteiger partial charge in [0.15, 0.2) is 0 Å². The van der Waals surface area contributed by atoms with Crippen LogP contribution >= 0.6 is 0 Å². The van der Waals surface area contributed by atoms with E-state index in [4.69, 9.17) is 9.88 Å². The Morgan fingerprint density at radius 2 is 1.83 bits per heavy atom. The molecule has 6 nitrogen and oxygen atoms in total. The van der Waals surface area contributed by atoms with E-state index < -0.39 is 10.0 Å². The van der Waals surface area contributed by atoms with Gasteiger partial charge in [0.2, 0.25) is 10.0 Å². The minimum Gasteiger partial charge on any atom is -0.497 e. The number of amides is 1. The van der Waals surface area contributed by atoms with Crippen molar-refractivity contribution in [2.24, 2.45) is 5.14 Å². The van der Waals surface area contributed by atoms with Gasteiger partial charge in [-0.15, -0.1) is 0 Å². The first-order valence-electron chi connectivity index (χ1n) is 6.85. The van der Waals surface area contributed by atoms with Gasteiger partial charge in [0.25, 0.3) is 5.91 Å². The fourth-order valence-electron chi connectivity index (χ4n) is 2.07. The molecule has 0 radical (unpaired) electrons. The van der Waals surface area contributed by atoms with Gasteiger partial charge in [-0.1, -0.05) is 12.1 Å². The molecule has 0 spiro atoms. The standard InChI is InChI=1S/C16H18N2O4S/c1-11-7-13(9-15(8-11)23(17,20)21)16(19)18-10-12-3-5-14(22-2)6-4-12/h3-9H,10H2,1-2H3,(H,18,19)(H2,17,20,21). The molecular formula is C16H18N2O4S. The van der Waals surface area contributed by atoms with E-state index in [0.29, 0.717) is 12.1 Å². The van der Waals surface area contributed by atoms with Crippen molar-refractivity contribution in [2.45, 2.75) is 18.4 Å². The summed E-state index contributed by atoms with van der Waals surface area (Å²) in [6, 6.07) is 11.6. The summed E-state index contributed by atoms with van der Waals surface area (Å²) in [6.07, 6.45) is 0. The van der Waals surface area contributed by atoms with Gasteiger partial charge in [-0.3, -0.25) is 4.79 Å². The molecule has 0 heterocycles. The van der Waals surface area contributed by atoms with Gasteiger partial charge in [-0.25, -0.2) is 13.6 Å². The van der Waals surface area contributed by atoms with Crippen molar-refractivity contribution in [3.05, 3.63) is 59.2 Å². The van der Waals surface area contributed by atoms with Crippen molar-refractivity contribution in [3.8, 4) is 5.75 Å². The third-order valence-electron chi connectivity index (χ3n) is 3.25. The van der Waals surface area contributed by atoms with E-state index in [0.717, 1.165) is 11.3 Å². The normalized spacial score (nSPS) is 11.1. The largest absolute Gasteiger partial charge is 0.497 e. The summed E-state index contributed by atoms with van der Waals surface area (Å²) < 4.78 is 27.9. The predicted molar refractivity (Wildman–Crippen MR) is 86.7 cm³/mol. The Bertz CT molecular complexity index is 814. The molecule has 0 saturated carbocycles. The Morgan fingerprint density at radius 3 is 2.39 bits per heavy atom. The molecule has 122 valence electrons. The number of primary sulfonamides is 1. The molecule has 0 aliphatic rings. The monoisotopic (exact) mass is 334 g/mol. The molecule has 0 aliphatic carbocycles. The van der Waals surface area contributed by atoms with Crippen molar-refractivity contribution in [3.63, 3.8) is 0 Å². The maximum atomic E-state index is 12.2. The fraction of sp³-hybridized carbons (Fsp3) is 0.188. The van der Waals surface area contributed by atoms with Crippen LogP contribution in [0.2, 0.25) is 0 Å². The topological polar surface area (TPSA) is 98.5 Å². The van der Waals surface area contributed by atoms with E-state index in [-0.39, 0.29) is 16.4 Å². The summed E-state index contributed by atoms with van der Waals surface area (Å²) in [4.78, 5) is 12.1. The minimum absolute atomic E-state index is 0.0768. The van der Waals surface area contributed by atoms with Crippen molar-refractivity contribution in [1.29, 1.82) is 0 Å². The fourth-order valence-corrected chi connectivity index (χ4v) is 2.71. The first-order chi connectivity index (χ1) is 10.8. The summed E-state index contributed by atoms with van der Waals surface area (Å²) in [7, 11) is -2.27. The Morgan fingerprint density at radius 1 is 1.17 bits per heavy atom. The number of carbonyl (C=O) groups is 1. The molecule has 0 atom stereocenters. The van der Waals surface area contributed by atoms with Gasteiger partial charge in [0, 0.05) is 12.1 Å². The molecule has 7 heteroatoms. The molecule has 1 amide bonds. The van der Waals surface area contributed by atoms with Crippen molar-refractivity contribution in [2.75, 3.05) is 7.11 Å². The number of carbonyl (C=O) groups excluding carboxylic acids is 1. The molecule has 0 aromatic heterocycles. The maximum absolute atomic E-state index is 12.2. The van der Waals surface area contributed by atoms with E-state index >= 15 is 0 Å². The van der Waals surface area contributed by atoms with Crippen LogP contribution in [0.15, 0.2) is 47.4 Å². The van der Waals surface area contributed by atoms with Crippen LogP contribution in [0.1, 0.15) is 21.5 Å². The molecule has 3 N–H and O–H groups in total. The number of nitrogens with one attached hydrogen (secondary N) is 1. The van der Waals surface area contributed by atoms with Crippen LogP contribution < -0.4 is 15.2 Å². The van der Waals surface area contributed by atoms with Crippen molar-refractivity contribution < 1.29 is 17.9 Å². The average molecular weight is 334 g/mol. The lowest BCUT2D eigenvalue weighted by Gasteiger charge is -2.08. The highest BCUT2D eigenvalue weighted by Crippen LogP contribution is 2.14. The summed E-state index contributed by atoms with van der Waals surface area (Å²) in [5, 5.41) is 7.86. The number of rotatable bonds is 5. The zero-order valence-electron chi connectivity index (χ0n) is 12.9. The van der Waals surface area contributed by atoms with Gasteiger partial charge < -0.3 is 10.1 Å². The third kappa shape index (κ3) is 4.54. The maximum Gasteiger partial charge on any atom is 0.251 e. The van der Waals surface area contributed by atoms with Crippen LogP contribution in [0.3, 0.4) is 0 Å². The van der Waals surface area contributed by atoms with Crippen molar-refractivity contribution >= 4 is 15.9 Å². The quantitative estimate of drug-likeness (QED) is 0.867. The van der Waals surface area contributed by atoms with Crippen LogP contribution in [0.5, 0.6) is 5.75 Å². The van der Waals surface area contributed by atoms with E-state index in [2.05, 4.69) is 5.32 Å². The number of sulfonamides is 1. The molecule has 23 heavy (non-hydrogen) atoms. The highest BCUT2D eigenvalue weighted by molar-refractivity contribution is 7.89. The zero-order chi connectivity index (χ0) is 17.0. The van der Waals surface area contributed by atoms with Gasteiger partial charge in [0.1, 0.15) is 5.75 Å². The van der Waals surface area contributed by atoms with E-state index in [9.17, 15) is 13.2 Å². The average Bonchev–Trinajstić information content (AvgIpc) is 2.51. The molecule has 0 bridgehead atoms. The summed E-state index contributed by atoms with van der Waals surface area (Å²) in [5.41, 5.74) is 1.80. The van der Waals surface area contributed by atoms with Crippen LogP contribution in [0.25, 0.3) is 0 Å². The SMILES string of the molecule is COc1ccc(CNC(=O)c2cc(C)cc(S(N)(=O)=O)c2)cc1. The number of hydrogen-bond donors (Lipinski definition) is 2. The van der Waals surface area contributed by atoms with Gasteiger partial charge in [0.05, 0.1) is 12.0 Å². The zero-order valence-corrected chi connectivity index (χ0v) is 13.7. The van der Waals surface area contributed by atoms with Gasteiger partial charge >= 0.3 is 0 Å². The highest BCUT2D eigenvalue weighted by atomic mass is 32.2. The predicted octanol–water partition coefficient (Wildman–Crippen LogP) is 1.58. The highest BCUT2D eigenvalue weighted by Gasteiger charge is 2.13. The van der Waals surface area contributed by atoms with E-state index in [1.807, 2.05) is 12.1 Å². The van der Waals surface area contributed by atoms with E-state index in [1.54, 1.807) is 32.2 Å². The smallest absolute Gasteiger partial charge is 0.251 e. The summed E-state index contributed by atoms with van der Waals surface area (Å²) >= 11 is 0. The summed E-state index contributed by atoms with van der Waals surface area (Å²) in [5.74, 6) is 0.367. The lowest BCUT2D eigenvalue weighted by atomic mass is 10.1. The van der Waals surface area contributed by atoms with Crippen LogP contribution in [0.4, 0.5) is 0 Å². The van der Waals surface area contributed by atoms with Gasteiger partial charge in [-0.05, 0) is 48.4 Å². The van der Waals surface area contributed by atoms with Crippen molar-refractivity contribution in [1.82, 2.24) is 5.32 Å². The molecule has 2 aromatic rings. The minimum atomic E-state index is -3.85. The molecule has 0 aliphatic heterocycles. The second-order valence-electron chi connectivity index (χ2n) is 5.11. The van der Waals surface area contributed by atoms with Crippen LogP contribution in [-0.4, -0.2) is 21.4 Å². The Labute approximate surface area is 135 Å². The van der Waals surface area contributed by atoms with Crippen LogP contribution in [0, 0.1) is 6.92 Å².